The summed E-state index contributed by atoms with van der Waals surface area (Å²) >= 11 is 0. The molecule has 124 valence electrons. The molecule has 0 bridgehead atoms. The number of nitrogens with one attached hydrogen (secondary N) is 1. The molecule has 1 aliphatic heterocycles. The minimum absolute atomic E-state index is 0.227. The molecule has 0 radical (unpaired) electrons. The average molecular weight is 332 g/mol. The van der Waals surface area contributed by atoms with Crippen molar-refractivity contribution in [2.75, 3.05) is 12.1 Å². The van der Waals surface area contributed by atoms with E-state index in [1.54, 1.807) is 6.20 Å². The van der Waals surface area contributed by atoms with Crippen molar-refractivity contribution in [2.45, 2.75) is 18.9 Å². The summed E-state index contributed by atoms with van der Waals surface area (Å²) in [6.07, 6.45) is 3.77. The molecule has 3 aromatic rings. The standard InChI is InChI=1S/C19H16N4O2/c1-2-4-14-12(3-1)5-7-15(14)21-19-22-16(10-20-23-19)13-6-8-17-18(9-13)25-11-24-17/h1-4,6,8-10,15H,5,7,11H2,(H,21,22,23). The molecule has 2 aromatic carbocycles. The summed E-state index contributed by atoms with van der Waals surface area (Å²) in [5.41, 5.74) is 4.38. The zero-order valence-electron chi connectivity index (χ0n) is 13.5. The first-order valence-electron chi connectivity index (χ1n) is 8.31. The Kier molecular flexibility index (Phi) is 3.26. The van der Waals surface area contributed by atoms with Crippen molar-refractivity contribution in [1.82, 2.24) is 15.2 Å². The van der Waals surface area contributed by atoms with Gasteiger partial charge in [0.1, 0.15) is 0 Å². The van der Waals surface area contributed by atoms with Gasteiger partial charge in [-0.25, -0.2) is 4.98 Å². The van der Waals surface area contributed by atoms with E-state index in [1.807, 2.05) is 18.2 Å². The van der Waals surface area contributed by atoms with Gasteiger partial charge in [0.2, 0.25) is 12.7 Å². The lowest BCUT2D eigenvalue weighted by Crippen LogP contribution is -2.10. The first-order chi connectivity index (χ1) is 12.4. The van der Waals surface area contributed by atoms with Crippen LogP contribution in [-0.2, 0) is 6.42 Å². The molecule has 0 spiro atoms. The number of hydrogen-bond acceptors (Lipinski definition) is 6. The SMILES string of the molecule is c1ccc2c(c1)CCC2Nc1nncc(-c2ccc3c(c2)OCO3)n1. The molecule has 1 N–H and O–H groups in total. The van der Waals surface area contributed by atoms with Crippen molar-refractivity contribution in [3.8, 4) is 22.8 Å². The summed E-state index contributed by atoms with van der Waals surface area (Å²) in [6, 6.07) is 14.5. The van der Waals surface area contributed by atoms with Crippen molar-refractivity contribution in [3.63, 3.8) is 0 Å². The lowest BCUT2D eigenvalue weighted by molar-refractivity contribution is 0.174. The highest BCUT2D eigenvalue weighted by molar-refractivity contribution is 5.64. The van der Waals surface area contributed by atoms with Crippen molar-refractivity contribution < 1.29 is 9.47 Å². The maximum absolute atomic E-state index is 5.44. The zero-order chi connectivity index (χ0) is 16.6. The van der Waals surface area contributed by atoms with Crippen molar-refractivity contribution in [2.24, 2.45) is 0 Å². The van der Waals surface area contributed by atoms with E-state index >= 15 is 0 Å². The van der Waals surface area contributed by atoms with E-state index in [0.29, 0.717) is 5.95 Å². The van der Waals surface area contributed by atoms with Crippen LogP contribution < -0.4 is 14.8 Å². The number of anilines is 1. The smallest absolute Gasteiger partial charge is 0.243 e. The highest BCUT2D eigenvalue weighted by Crippen LogP contribution is 2.36. The van der Waals surface area contributed by atoms with Crippen LogP contribution in [0.5, 0.6) is 11.5 Å². The van der Waals surface area contributed by atoms with E-state index in [1.165, 1.54) is 11.1 Å². The summed E-state index contributed by atoms with van der Waals surface area (Å²) in [6.45, 7) is 0.259. The van der Waals surface area contributed by atoms with E-state index < -0.39 is 0 Å². The quantitative estimate of drug-likeness (QED) is 0.793. The third-order valence-electron chi connectivity index (χ3n) is 4.66. The van der Waals surface area contributed by atoms with E-state index in [0.717, 1.165) is 35.6 Å². The van der Waals surface area contributed by atoms with Gasteiger partial charge in [-0.1, -0.05) is 24.3 Å². The number of aromatic nitrogens is 3. The Labute approximate surface area is 144 Å². The van der Waals surface area contributed by atoms with Crippen molar-refractivity contribution >= 4 is 5.95 Å². The van der Waals surface area contributed by atoms with Gasteiger partial charge in [-0.15, -0.1) is 5.10 Å². The van der Waals surface area contributed by atoms with Crippen LogP contribution in [0, 0.1) is 0 Å². The largest absolute Gasteiger partial charge is 0.454 e. The number of nitrogens with zero attached hydrogens (tertiary/aromatic N) is 3. The summed E-state index contributed by atoms with van der Waals surface area (Å²) in [5.74, 6) is 2.03. The Bertz CT molecular complexity index is 944. The Morgan fingerprint density at radius 2 is 1.96 bits per heavy atom. The van der Waals surface area contributed by atoms with Crippen LogP contribution in [0.4, 0.5) is 5.95 Å². The molecular formula is C19H16N4O2. The highest BCUT2D eigenvalue weighted by Gasteiger charge is 2.22. The first kappa shape index (κ1) is 14.2. The second kappa shape index (κ2) is 5.73. The third kappa shape index (κ3) is 2.55. The number of rotatable bonds is 3. The predicted octanol–water partition coefficient (Wildman–Crippen LogP) is 3.37. The molecule has 1 atom stereocenters. The Morgan fingerprint density at radius 1 is 1.04 bits per heavy atom. The van der Waals surface area contributed by atoms with Gasteiger partial charge in [-0.3, -0.25) is 0 Å². The Balaban J connectivity index is 1.42. The molecule has 0 amide bonds. The maximum atomic E-state index is 5.44. The van der Waals surface area contributed by atoms with Gasteiger partial charge >= 0.3 is 0 Å². The molecule has 5 rings (SSSR count). The van der Waals surface area contributed by atoms with Gasteiger partial charge in [-0.05, 0) is 42.2 Å². The summed E-state index contributed by atoms with van der Waals surface area (Å²) in [5, 5.41) is 11.7. The van der Waals surface area contributed by atoms with Crippen LogP contribution in [0.3, 0.4) is 0 Å². The van der Waals surface area contributed by atoms with Gasteiger partial charge in [-0.2, -0.15) is 5.10 Å². The van der Waals surface area contributed by atoms with Crippen LogP contribution >= 0.6 is 0 Å². The molecule has 1 aliphatic carbocycles. The monoisotopic (exact) mass is 332 g/mol. The molecule has 0 fully saturated rings. The minimum Gasteiger partial charge on any atom is -0.454 e. The highest BCUT2D eigenvalue weighted by atomic mass is 16.7. The van der Waals surface area contributed by atoms with Crippen molar-refractivity contribution in [3.05, 3.63) is 59.8 Å². The molecule has 1 unspecified atom stereocenters. The third-order valence-corrected chi connectivity index (χ3v) is 4.66. The fourth-order valence-corrected chi connectivity index (χ4v) is 3.42. The van der Waals surface area contributed by atoms with E-state index in [2.05, 4.69) is 44.8 Å². The molecule has 0 saturated carbocycles. The Hall–Kier alpha value is -3.15. The van der Waals surface area contributed by atoms with Gasteiger partial charge in [0.05, 0.1) is 17.9 Å². The average Bonchev–Trinajstić information content (AvgIpc) is 3.28. The second-order valence-corrected chi connectivity index (χ2v) is 6.17. The van der Waals surface area contributed by atoms with Gasteiger partial charge in [0, 0.05) is 5.56 Å². The number of benzene rings is 2. The van der Waals surface area contributed by atoms with Crippen LogP contribution in [0.15, 0.2) is 48.7 Å². The number of ether oxygens (including phenoxy) is 2. The number of fused-ring (bicyclic) bond motifs is 2. The predicted molar refractivity (Wildman–Crippen MR) is 92.5 cm³/mol. The summed E-state index contributed by atoms with van der Waals surface area (Å²) < 4.78 is 10.8. The molecule has 6 heteroatoms. The molecule has 1 aromatic heterocycles. The van der Waals surface area contributed by atoms with E-state index in [-0.39, 0.29) is 12.8 Å². The van der Waals surface area contributed by atoms with Crippen LogP contribution in [0.25, 0.3) is 11.3 Å². The fraction of sp³-hybridized carbons (Fsp3) is 0.211. The van der Waals surface area contributed by atoms with Crippen molar-refractivity contribution in [1.29, 1.82) is 0 Å². The zero-order valence-corrected chi connectivity index (χ0v) is 13.5. The van der Waals surface area contributed by atoms with Crippen LogP contribution in [-0.4, -0.2) is 22.0 Å². The van der Waals surface area contributed by atoms with Crippen LogP contribution in [0.1, 0.15) is 23.6 Å². The molecule has 25 heavy (non-hydrogen) atoms. The van der Waals surface area contributed by atoms with E-state index in [9.17, 15) is 0 Å². The number of aryl methyl sites for hydroxylation is 1. The van der Waals surface area contributed by atoms with Gasteiger partial charge in [0.15, 0.2) is 11.5 Å². The second-order valence-electron chi connectivity index (χ2n) is 6.17. The molecular weight excluding hydrogens is 316 g/mol. The van der Waals surface area contributed by atoms with Gasteiger partial charge < -0.3 is 14.8 Å². The summed E-state index contributed by atoms with van der Waals surface area (Å²) in [7, 11) is 0. The normalized spacial score (nSPS) is 17.4. The molecule has 6 nitrogen and oxygen atoms in total. The topological polar surface area (TPSA) is 69.2 Å². The lowest BCUT2D eigenvalue weighted by Gasteiger charge is -2.14. The number of hydrogen-bond donors (Lipinski definition) is 1. The molecule has 2 aliphatic rings. The molecule has 2 heterocycles. The molecule has 0 saturated heterocycles. The summed E-state index contributed by atoms with van der Waals surface area (Å²) in [4.78, 5) is 4.62. The fourth-order valence-electron chi connectivity index (χ4n) is 3.42. The maximum Gasteiger partial charge on any atom is 0.243 e. The minimum atomic E-state index is 0.227. The lowest BCUT2D eigenvalue weighted by atomic mass is 10.1. The van der Waals surface area contributed by atoms with E-state index in [4.69, 9.17) is 9.47 Å². The first-order valence-corrected chi connectivity index (χ1v) is 8.31. The van der Waals surface area contributed by atoms with Crippen LogP contribution in [0.2, 0.25) is 0 Å². The Morgan fingerprint density at radius 3 is 2.96 bits per heavy atom. The van der Waals surface area contributed by atoms with Gasteiger partial charge in [0.25, 0.3) is 0 Å².